The first-order chi connectivity index (χ1) is 20.2. The number of anilines is 2. The summed E-state index contributed by atoms with van der Waals surface area (Å²) >= 11 is 7.55. The van der Waals surface area contributed by atoms with Gasteiger partial charge in [-0.15, -0.1) is 11.8 Å². The van der Waals surface area contributed by atoms with Crippen LogP contribution in [0.15, 0.2) is 108 Å². The summed E-state index contributed by atoms with van der Waals surface area (Å²) in [5.74, 6) is -0.368. The first-order valence-electron chi connectivity index (χ1n) is 13.1. The van der Waals surface area contributed by atoms with Gasteiger partial charge in [-0.3, -0.25) is 14.4 Å². The van der Waals surface area contributed by atoms with Crippen molar-refractivity contribution in [3.05, 3.63) is 124 Å². The molecule has 0 radical (unpaired) electrons. The maximum absolute atomic E-state index is 13.3. The van der Waals surface area contributed by atoms with Crippen LogP contribution in [-0.4, -0.2) is 30.1 Å². The first-order valence-corrected chi connectivity index (χ1v) is 14.3. The van der Waals surface area contributed by atoms with E-state index in [1.54, 1.807) is 79.9 Å². The number of amides is 3. The van der Waals surface area contributed by atoms with Crippen LogP contribution in [0.4, 0.5) is 11.4 Å². The molecule has 1 unspecified atom stereocenters. The fourth-order valence-electron chi connectivity index (χ4n) is 3.80. The lowest BCUT2D eigenvalue weighted by atomic mass is 10.1. The molecule has 42 heavy (non-hydrogen) atoms. The highest BCUT2D eigenvalue weighted by atomic mass is 35.5. The average molecular weight is 600 g/mol. The fourth-order valence-corrected chi connectivity index (χ4v) is 4.84. The van der Waals surface area contributed by atoms with Crippen molar-refractivity contribution in [2.45, 2.75) is 24.0 Å². The van der Waals surface area contributed by atoms with Gasteiger partial charge in [-0.05, 0) is 91.7 Å². The van der Waals surface area contributed by atoms with Crippen LogP contribution < -0.4 is 20.7 Å². The van der Waals surface area contributed by atoms with E-state index in [1.807, 2.05) is 44.2 Å². The second kappa shape index (κ2) is 14.4. The lowest BCUT2D eigenvalue weighted by Crippen LogP contribution is -2.30. The maximum Gasteiger partial charge on any atom is 0.272 e. The highest BCUT2D eigenvalue weighted by Crippen LogP contribution is 2.27. The van der Waals surface area contributed by atoms with Gasteiger partial charge in [-0.1, -0.05) is 48.0 Å². The van der Waals surface area contributed by atoms with Crippen molar-refractivity contribution in [1.29, 1.82) is 0 Å². The van der Waals surface area contributed by atoms with Crippen molar-refractivity contribution in [1.82, 2.24) is 5.32 Å². The molecule has 3 amide bonds. The molecule has 0 heterocycles. The highest BCUT2D eigenvalue weighted by Gasteiger charge is 2.17. The van der Waals surface area contributed by atoms with E-state index < -0.39 is 11.8 Å². The number of ether oxygens (including phenoxy) is 1. The largest absolute Gasteiger partial charge is 0.497 e. The van der Waals surface area contributed by atoms with Gasteiger partial charge in [0.25, 0.3) is 11.8 Å². The third kappa shape index (κ3) is 8.49. The average Bonchev–Trinajstić information content (AvgIpc) is 3.00. The smallest absolute Gasteiger partial charge is 0.272 e. The van der Waals surface area contributed by atoms with Crippen LogP contribution in [0.1, 0.15) is 28.4 Å². The molecule has 0 bridgehead atoms. The number of carbonyl (C=O) groups excluding carboxylic acids is 3. The van der Waals surface area contributed by atoms with Gasteiger partial charge in [0.1, 0.15) is 11.4 Å². The molecule has 0 aliphatic heterocycles. The SMILES string of the molecule is COc1ccc(/C=C(\NC(=O)c2ccccc2)C(=O)Nc2ccc(SC(C)C(=O)Nc3ccc(C)c(Cl)c3)cc2)cc1. The topological polar surface area (TPSA) is 96.5 Å². The molecular weight excluding hydrogens is 570 g/mol. The van der Waals surface area contributed by atoms with Crippen molar-refractivity contribution in [3.63, 3.8) is 0 Å². The molecule has 0 saturated carbocycles. The van der Waals surface area contributed by atoms with E-state index in [0.717, 1.165) is 10.5 Å². The normalized spacial score (nSPS) is 11.8. The monoisotopic (exact) mass is 599 g/mol. The lowest BCUT2D eigenvalue weighted by Gasteiger charge is -2.14. The molecule has 0 spiro atoms. The summed E-state index contributed by atoms with van der Waals surface area (Å²) in [5.41, 5.74) is 3.32. The van der Waals surface area contributed by atoms with Crippen LogP contribution >= 0.6 is 23.4 Å². The van der Waals surface area contributed by atoms with Crippen LogP contribution in [0.5, 0.6) is 5.75 Å². The minimum Gasteiger partial charge on any atom is -0.497 e. The summed E-state index contributed by atoms with van der Waals surface area (Å²) < 4.78 is 5.21. The van der Waals surface area contributed by atoms with E-state index in [0.29, 0.717) is 33.3 Å². The zero-order chi connectivity index (χ0) is 30.1. The Bertz CT molecular complexity index is 1590. The summed E-state index contributed by atoms with van der Waals surface area (Å²) in [6, 6.07) is 28.3. The number of thioether (sulfide) groups is 1. The predicted molar refractivity (Wildman–Crippen MR) is 170 cm³/mol. The summed E-state index contributed by atoms with van der Waals surface area (Å²) in [6.45, 7) is 3.72. The van der Waals surface area contributed by atoms with Crippen LogP contribution in [0.2, 0.25) is 5.02 Å². The van der Waals surface area contributed by atoms with Crippen LogP contribution in [-0.2, 0) is 9.59 Å². The number of aryl methyl sites for hydroxylation is 1. The van der Waals surface area contributed by atoms with E-state index in [4.69, 9.17) is 16.3 Å². The van der Waals surface area contributed by atoms with Gasteiger partial charge in [0, 0.05) is 26.9 Å². The molecule has 4 aromatic rings. The predicted octanol–water partition coefficient (Wildman–Crippen LogP) is 7.19. The maximum atomic E-state index is 13.3. The zero-order valence-corrected chi connectivity index (χ0v) is 24.9. The molecule has 0 aliphatic carbocycles. The third-order valence-corrected chi connectivity index (χ3v) is 7.71. The minimum atomic E-state index is -0.486. The molecule has 4 rings (SSSR count). The van der Waals surface area contributed by atoms with Crippen molar-refractivity contribution >= 4 is 58.5 Å². The van der Waals surface area contributed by atoms with Gasteiger partial charge < -0.3 is 20.7 Å². The van der Waals surface area contributed by atoms with Crippen LogP contribution in [0.3, 0.4) is 0 Å². The van der Waals surface area contributed by atoms with Gasteiger partial charge in [-0.2, -0.15) is 0 Å². The molecule has 0 saturated heterocycles. The Labute approximate surface area is 254 Å². The molecule has 1 atom stereocenters. The molecular formula is C33H30ClN3O4S. The summed E-state index contributed by atoms with van der Waals surface area (Å²) in [6.07, 6.45) is 1.60. The van der Waals surface area contributed by atoms with Crippen molar-refractivity contribution in [2.75, 3.05) is 17.7 Å². The number of hydrogen-bond donors (Lipinski definition) is 3. The zero-order valence-electron chi connectivity index (χ0n) is 23.3. The molecule has 214 valence electrons. The van der Waals surface area contributed by atoms with Crippen molar-refractivity contribution in [3.8, 4) is 5.75 Å². The van der Waals surface area contributed by atoms with Gasteiger partial charge in [0.15, 0.2) is 0 Å². The number of nitrogens with one attached hydrogen (secondary N) is 3. The van der Waals surface area contributed by atoms with E-state index >= 15 is 0 Å². The summed E-state index contributed by atoms with van der Waals surface area (Å²) in [4.78, 5) is 39.7. The van der Waals surface area contributed by atoms with Gasteiger partial charge >= 0.3 is 0 Å². The Kier molecular flexibility index (Phi) is 10.4. The molecule has 0 fully saturated rings. The Morgan fingerprint density at radius 2 is 1.52 bits per heavy atom. The number of carbonyl (C=O) groups is 3. The second-order valence-electron chi connectivity index (χ2n) is 9.34. The first kappa shape index (κ1) is 30.4. The van der Waals surface area contributed by atoms with Gasteiger partial charge in [0.2, 0.25) is 5.91 Å². The quantitative estimate of drug-likeness (QED) is 0.132. The second-order valence-corrected chi connectivity index (χ2v) is 11.2. The van der Waals surface area contributed by atoms with Crippen molar-refractivity contribution < 1.29 is 19.1 Å². The van der Waals surface area contributed by atoms with E-state index in [2.05, 4.69) is 16.0 Å². The van der Waals surface area contributed by atoms with Gasteiger partial charge in [0.05, 0.1) is 12.4 Å². The standard InChI is InChI=1S/C33H30ClN3O4S/c1-21-9-12-26(20-29(21)34)36-31(38)22(2)42-28-17-13-25(14-18-28)35-33(40)30(19-23-10-15-27(41-3)16-11-23)37-32(39)24-7-5-4-6-8-24/h4-20,22H,1-3H3,(H,35,40)(H,36,38)(H,37,39)/b30-19-. The number of methoxy groups -OCH3 is 1. The molecule has 9 heteroatoms. The Balaban J connectivity index is 1.43. The minimum absolute atomic E-state index is 0.0778. The molecule has 0 aliphatic rings. The molecule has 4 aromatic carbocycles. The summed E-state index contributed by atoms with van der Waals surface area (Å²) in [5, 5.41) is 8.67. The number of rotatable bonds is 10. The molecule has 0 aromatic heterocycles. The molecule has 3 N–H and O–H groups in total. The Hall–Kier alpha value is -4.53. The number of halogens is 1. The molecule has 7 nitrogen and oxygen atoms in total. The van der Waals surface area contributed by atoms with Crippen LogP contribution in [0, 0.1) is 6.92 Å². The van der Waals surface area contributed by atoms with Crippen molar-refractivity contribution in [2.24, 2.45) is 0 Å². The van der Waals surface area contributed by atoms with Crippen LogP contribution in [0.25, 0.3) is 6.08 Å². The fraction of sp³-hybridized carbons (Fsp3) is 0.121. The van der Waals surface area contributed by atoms with E-state index in [9.17, 15) is 14.4 Å². The lowest BCUT2D eigenvalue weighted by molar-refractivity contribution is -0.115. The number of benzene rings is 4. The van der Waals surface area contributed by atoms with E-state index in [-0.39, 0.29) is 16.9 Å². The van der Waals surface area contributed by atoms with Gasteiger partial charge in [-0.25, -0.2) is 0 Å². The van der Waals surface area contributed by atoms with E-state index in [1.165, 1.54) is 11.8 Å². The third-order valence-electron chi connectivity index (χ3n) is 6.19. The Morgan fingerprint density at radius 1 is 0.857 bits per heavy atom. The number of hydrogen-bond acceptors (Lipinski definition) is 5. The summed E-state index contributed by atoms with van der Waals surface area (Å²) in [7, 11) is 1.57. The Morgan fingerprint density at radius 3 is 2.17 bits per heavy atom. The highest BCUT2D eigenvalue weighted by molar-refractivity contribution is 8.00.